The second kappa shape index (κ2) is 5.56. The van der Waals surface area contributed by atoms with Gasteiger partial charge < -0.3 is 10.2 Å². The van der Waals surface area contributed by atoms with Gasteiger partial charge in [0.15, 0.2) is 0 Å². The zero-order chi connectivity index (χ0) is 17.0. The van der Waals surface area contributed by atoms with Crippen LogP contribution in [0, 0.1) is 17.8 Å². The number of hydrogen-bond donors (Lipinski definition) is 2. The van der Waals surface area contributed by atoms with Crippen LogP contribution in [-0.2, 0) is 5.41 Å². The molecule has 5 heteroatoms. The van der Waals surface area contributed by atoms with Crippen LogP contribution in [0.5, 0.6) is 11.5 Å². The molecule has 1 heterocycles. The Kier molecular flexibility index (Phi) is 3.42. The van der Waals surface area contributed by atoms with Gasteiger partial charge in [-0.2, -0.15) is 0 Å². The van der Waals surface area contributed by atoms with E-state index in [-0.39, 0.29) is 11.5 Å². The van der Waals surface area contributed by atoms with Gasteiger partial charge in [0.2, 0.25) is 5.13 Å². The van der Waals surface area contributed by atoms with Gasteiger partial charge in [-0.05, 0) is 68.4 Å². The lowest BCUT2D eigenvalue weighted by Crippen LogP contribution is -2.48. The van der Waals surface area contributed by atoms with Gasteiger partial charge in [0.25, 0.3) is 0 Å². The summed E-state index contributed by atoms with van der Waals surface area (Å²) in [7, 11) is 0. The number of benzene rings is 1. The molecule has 1 aromatic heterocycles. The fourth-order valence-corrected chi connectivity index (χ4v) is 6.54. The van der Waals surface area contributed by atoms with Crippen LogP contribution in [0.3, 0.4) is 0 Å². The number of thiazole rings is 1. The lowest BCUT2D eigenvalue weighted by atomic mass is 9.49. The third-order valence-corrected chi connectivity index (χ3v) is 7.15. The van der Waals surface area contributed by atoms with E-state index < -0.39 is 0 Å². The van der Waals surface area contributed by atoms with Gasteiger partial charge in [-0.1, -0.05) is 0 Å². The van der Waals surface area contributed by atoms with Gasteiger partial charge in [-0.15, -0.1) is 11.3 Å². The van der Waals surface area contributed by atoms with Crippen LogP contribution in [0.2, 0.25) is 0 Å². The van der Waals surface area contributed by atoms with Gasteiger partial charge in [-0.25, -0.2) is 9.98 Å². The molecule has 2 aromatic rings. The summed E-state index contributed by atoms with van der Waals surface area (Å²) in [5.41, 5.74) is 2.14. The molecule has 2 N–H and O–H groups in total. The number of rotatable bonds is 3. The highest BCUT2D eigenvalue weighted by molar-refractivity contribution is 7.13. The lowest BCUT2D eigenvalue weighted by Gasteiger charge is -2.56. The van der Waals surface area contributed by atoms with E-state index in [1.165, 1.54) is 50.3 Å². The van der Waals surface area contributed by atoms with Crippen molar-refractivity contribution in [1.82, 2.24) is 4.98 Å². The first kappa shape index (κ1) is 15.4. The highest BCUT2D eigenvalue weighted by atomic mass is 32.1. The summed E-state index contributed by atoms with van der Waals surface area (Å²) in [5.74, 6) is 2.81. The average molecular weight is 354 g/mol. The number of phenolic OH excluding ortho intramolecular Hbond substituents is 2. The molecule has 4 bridgehead atoms. The Morgan fingerprint density at radius 2 is 1.76 bits per heavy atom. The van der Waals surface area contributed by atoms with Crippen molar-refractivity contribution in [2.45, 2.75) is 43.9 Å². The monoisotopic (exact) mass is 354 g/mol. The third kappa shape index (κ3) is 2.65. The summed E-state index contributed by atoms with van der Waals surface area (Å²) >= 11 is 1.59. The van der Waals surface area contributed by atoms with Crippen LogP contribution < -0.4 is 0 Å². The second-order valence-electron chi connectivity index (χ2n) is 8.21. The van der Waals surface area contributed by atoms with Crippen LogP contribution in [0.25, 0.3) is 0 Å². The summed E-state index contributed by atoms with van der Waals surface area (Å²) in [6.45, 7) is 0. The van der Waals surface area contributed by atoms with E-state index in [1.54, 1.807) is 29.7 Å². The molecule has 0 amide bonds. The molecule has 25 heavy (non-hydrogen) atoms. The van der Waals surface area contributed by atoms with Gasteiger partial charge >= 0.3 is 0 Å². The van der Waals surface area contributed by atoms with Crippen molar-refractivity contribution in [3.05, 3.63) is 34.8 Å². The molecular weight excluding hydrogens is 332 g/mol. The Hall–Kier alpha value is -1.88. The number of nitrogens with zero attached hydrogens (tertiary/aromatic N) is 2. The maximum atomic E-state index is 9.86. The number of phenols is 2. The minimum atomic E-state index is 0.0293. The molecule has 0 radical (unpaired) electrons. The van der Waals surface area contributed by atoms with E-state index in [0.717, 1.165) is 22.9 Å². The molecule has 0 aliphatic heterocycles. The molecule has 0 atom stereocenters. The molecule has 130 valence electrons. The summed E-state index contributed by atoms with van der Waals surface area (Å²) in [6.07, 6.45) is 9.87. The Morgan fingerprint density at radius 1 is 1.08 bits per heavy atom. The van der Waals surface area contributed by atoms with Crippen LogP contribution in [0.1, 0.15) is 49.8 Å². The van der Waals surface area contributed by atoms with E-state index in [0.29, 0.717) is 11.0 Å². The normalized spacial score (nSPS) is 33.4. The molecule has 6 rings (SSSR count). The van der Waals surface area contributed by atoms with Crippen molar-refractivity contribution in [3.63, 3.8) is 0 Å². The zero-order valence-electron chi connectivity index (χ0n) is 14.1. The maximum Gasteiger partial charge on any atom is 0.209 e. The first-order valence-electron chi connectivity index (χ1n) is 9.12. The van der Waals surface area contributed by atoms with Gasteiger partial charge in [0.1, 0.15) is 11.5 Å². The molecule has 1 aromatic carbocycles. The molecule has 0 spiro atoms. The molecule has 0 unspecified atom stereocenters. The van der Waals surface area contributed by atoms with Crippen molar-refractivity contribution in [3.8, 4) is 11.5 Å². The van der Waals surface area contributed by atoms with Crippen LogP contribution in [0.4, 0.5) is 5.13 Å². The van der Waals surface area contributed by atoms with Crippen LogP contribution >= 0.6 is 11.3 Å². The zero-order valence-corrected chi connectivity index (χ0v) is 14.9. The fraction of sp³-hybridized carbons (Fsp3) is 0.500. The first-order valence-corrected chi connectivity index (χ1v) is 10.00. The van der Waals surface area contributed by atoms with Crippen LogP contribution in [-0.4, -0.2) is 21.4 Å². The van der Waals surface area contributed by atoms with Crippen molar-refractivity contribution in [1.29, 1.82) is 0 Å². The molecule has 4 saturated carbocycles. The molecule has 4 aliphatic rings. The van der Waals surface area contributed by atoms with Crippen molar-refractivity contribution < 1.29 is 10.2 Å². The van der Waals surface area contributed by atoms with Crippen LogP contribution in [0.15, 0.2) is 28.6 Å². The van der Waals surface area contributed by atoms with Crippen molar-refractivity contribution in [2.24, 2.45) is 22.7 Å². The predicted molar refractivity (Wildman–Crippen MR) is 99.0 cm³/mol. The van der Waals surface area contributed by atoms with E-state index in [1.807, 2.05) is 0 Å². The van der Waals surface area contributed by atoms with E-state index in [9.17, 15) is 10.2 Å². The Balaban J connectivity index is 1.40. The SMILES string of the molecule is Oc1ccc(C=Nc2nc(C34CC5CC(CC(C5)C3)C4)cs2)c(O)c1. The smallest absolute Gasteiger partial charge is 0.209 e. The second-order valence-corrected chi connectivity index (χ2v) is 9.05. The lowest BCUT2D eigenvalue weighted by molar-refractivity contribution is -0.00689. The molecule has 4 nitrogen and oxygen atoms in total. The minimum absolute atomic E-state index is 0.0293. The molecule has 4 aliphatic carbocycles. The summed E-state index contributed by atoms with van der Waals surface area (Å²) in [5, 5.41) is 22.2. The quantitative estimate of drug-likeness (QED) is 0.780. The average Bonchev–Trinajstić information content (AvgIpc) is 3.02. The first-order chi connectivity index (χ1) is 12.1. The minimum Gasteiger partial charge on any atom is -0.508 e. The van der Waals surface area contributed by atoms with Gasteiger partial charge in [0, 0.05) is 28.6 Å². The highest BCUT2D eigenvalue weighted by Crippen LogP contribution is 2.60. The largest absolute Gasteiger partial charge is 0.508 e. The Morgan fingerprint density at radius 3 is 2.40 bits per heavy atom. The number of aromatic nitrogens is 1. The summed E-state index contributed by atoms with van der Waals surface area (Å²) in [6, 6.07) is 4.52. The van der Waals surface area contributed by atoms with Gasteiger partial charge in [-0.3, -0.25) is 0 Å². The van der Waals surface area contributed by atoms with E-state index in [2.05, 4.69) is 10.4 Å². The van der Waals surface area contributed by atoms with E-state index >= 15 is 0 Å². The Bertz CT molecular complexity index is 807. The van der Waals surface area contributed by atoms with Crippen molar-refractivity contribution in [2.75, 3.05) is 0 Å². The number of hydrogen-bond acceptors (Lipinski definition) is 5. The standard InChI is InChI=1S/C20H22N2O2S/c23-16-2-1-15(17(24)6-16)10-21-19-22-18(11-25-19)20-7-12-3-13(8-20)5-14(4-12)9-20/h1-2,6,10-14,23-24H,3-5,7-9H2. The molecule has 4 fully saturated rings. The molecule has 0 saturated heterocycles. The van der Waals surface area contributed by atoms with Crippen molar-refractivity contribution >= 4 is 22.7 Å². The summed E-state index contributed by atoms with van der Waals surface area (Å²) < 4.78 is 0. The van der Waals surface area contributed by atoms with Gasteiger partial charge in [0.05, 0.1) is 5.69 Å². The maximum absolute atomic E-state index is 9.86. The van der Waals surface area contributed by atoms with E-state index in [4.69, 9.17) is 4.98 Å². The molecular formula is C20H22N2O2S. The third-order valence-electron chi connectivity index (χ3n) is 6.40. The number of aliphatic imine (C=N–C) groups is 1. The predicted octanol–water partition coefficient (Wildman–Crippen LogP) is 4.77. The number of aromatic hydroxyl groups is 2. The fourth-order valence-electron chi connectivity index (χ4n) is 5.76. The topological polar surface area (TPSA) is 65.7 Å². The Labute approximate surface area is 151 Å². The highest BCUT2D eigenvalue weighted by Gasteiger charge is 2.52. The summed E-state index contributed by atoms with van der Waals surface area (Å²) in [4.78, 5) is 9.31.